The van der Waals surface area contributed by atoms with Gasteiger partial charge in [-0.3, -0.25) is 4.79 Å². The Labute approximate surface area is 134 Å². The Kier molecular flexibility index (Phi) is 7.38. The van der Waals surface area contributed by atoms with Gasteiger partial charge in [0.25, 0.3) is 0 Å². The van der Waals surface area contributed by atoms with Crippen molar-refractivity contribution in [3.8, 4) is 0 Å². The van der Waals surface area contributed by atoms with E-state index in [0.717, 1.165) is 18.3 Å². The van der Waals surface area contributed by atoms with Crippen LogP contribution in [-0.2, 0) is 4.79 Å². The lowest BCUT2D eigenvalue weighted by Crippen LogP contribution is -2.41. The van der Waals surface area contributed by atoms with Gasteiger partial charge in [-0.15, -0.1) is 0 Å². The Morgan fingerprint density at radius 2 is 2.19 bits per heavy atom. The highest BCUT2D eigenvalue weighted by atomic mass is 32.2. The predicted molar refractivity (Wildman–Crippen MR) is 91.7 cm³/mol. The summed E-state index contributed by atoms with van der Waals surface area (Å²) < 4.78 is 0. The van der Waals surface area contributed by atoms with Crippen LogP contribution in [0.1, 0.15) is 58.8 Å². The van der Waals surface area contributed by atoms with Crippen LogP contribution in [-0.4, -0.2) is 36.0 Å². The van der Waals surface area contributed by atoms with E-state index in [-0.39, 0.29) is 5.91 Å². The molecule has 0 aromatic carbocycles. The number of nitrogens with one attached hydrogen (secondary N) is 2. The summed E-state index contributed by atoms with van der Waals surface area (Å²) in [6.45, 7) is 6.71. The third kappa shape index (κ3) is 5.82. The average molecular weight is 313 g/mol. The van der Waals surface area contributed by atoms with Crippen LogP contribution in [0.15, 0.2) is 0 Å². The molecule has 2 fully saturated rings. The van der Waals surface area contributed by atoms with Crippen molar-refractivity contribution in [2.24, 2.45) is 11.8 Å². The molecule has 4 heteroatoms. The van der Waals surface area contributed by atoms with E-state index in [2.05, 4.69) is 36.2 Å². The summed E-state index contributed by atoms with van der Waals surface area (Å²) >= 11 is 2.06. The van der Waals surface area contributed by atoms with E-state index in [9.17, 15) is 4.79 Å². The van der Waals surface area contributed by atoms with Crippen molar-refractivity contribution in [2.75, 3.05) is 18.8 Å². The molecule has 0 spiro atoms. The minimum atomic E-state index is 0.278. The normalized spacial score (nSPS) is 31.6. The van der Waals surface area contributed by atoms with Crippen molar-refractivity contribution >= 4 is 17.7 Å². The molecule has 1 saturated carbocycles. The average Bonchev–Trinajstić information content (AvgIpc) is 2.48. The minimum absolute atomic E-state index is 0.278. The van der Waals surface area contributed by atoms with Crippen LogP contribution >= 0.6 is 11.8 Å². The van der Waals surface area contributed by atoms with Crippen molar-refractivity contribution < 1.29 is 4.79 Å². The summed E-state index contributed by atoms with van der Waals surface area (Å²) in [6, 6.07) is 0.423. The van der Waals surface area contributed by atoms with E-state index in [1.807, 2.05) is 0 Å². The lowest BCUT2D eigenvalue weighted by atomic mass is 9.85. The van der Waals surface area contributed by atoms with Gasteiger partial charge in [0.1, 0.15) is 0 Å². The second kappa shape index (κ2) is 9.04. The lowest BCUT2D eigenvalue weighted by molar-refractivity contribution is -0.123. The Hall–Kier alpha value is -0.220. The number of rotatable bonds is 6. The number of hydrogen-bond donors (Lipinski definition) is 2. The molecular weight excluding hydrogens is 280 g/mol. The highest BCUT2D eigenvalue weighted by Gasteiger charge is 2.25. The second-order valence-corrected chi connectivity index (χ2v) is 8.37. The molecule has 4 atom stereocenters. The molecule has 4 unspecified atom stereocenters. The van der Waals surface area contributed by atoms with Gasteiger partial charge in [0.05, 0.1) is 0 Å². The fourth-order valence-electron chi connectivity index (χ4n) is 3.77. The van der Waals surface area contributed by atoms with Gasteiger partial charge >= 0.3 is 0 Å². The van der Waals surface area contributed by atoms with Gasteiger partial charge in [-0.1, -0.05) is 20.3 Å². The summed E-state index contributed by atoms with van der Waals surface area (Å²) in [7, 11) is 0. The van der Waals surface area contributed by atoms with Crippen LogP contribution < -0.4 is 10.6 Å². The number of carbonyl (C=O) groups excluding carboxylic acids is 1. The van der Waals surface area contributed by atoms with Crippen LogP contribution in [0.5, 0.6) is 0 Å². The quantitative estimate of drug-likeness (QED) is 0.791. The molecule has 1 heterocycles. The van der Waals surface area contributed by atoms with Gasteiger partial charge in [0.15, 0.2) is 0 Å². The molecule has 1 aliphatic heterocycles. The Bertz CT molecular complexity index is 316. The van der Waals surface area contributed by atoms with E-state index < -0.39 is 0 Å². The molecule has 2 rings (SSSR count). The zero-order valence-corrected chi connectivity index (χ0v) is 14.5. The molecular formula is C17H32N2OS. The zero-order valence-electron chi connectivity index (χ0n) is 13.7. The van der Waals surface area contributed by atoms with Gasteiger partial charge in [-0.25, -0.2) is 0 Å². The third-order valence-electron chi connectivity index (χ3n) is 5.04. The molecule has 0 radical (unpaired) electrons. The topological polar surface area (TPSA) is 41.1 Å². The highest BCUT2D eigenvalue weighted by Crippen LogP contribution is 2.29. The maximum atomic E-state index is 12.3. The van der Waals surface area contributed by atoms with Crippen LogP contribution in [0.25, 0.3) is 0 Å². The molecule has 1 amide bonds. The first-order valence-electron chi connectivity index (χ1n) is 8.80. The summed E-state index contributed by atoms with van der Waals surface area (Å²) in [5, 5.41) is 7.52. The number of amides is 1. The molecule has 0 bridgehead atoms. The molecule has 0 aromatic rings. The minimum Gasteiger partial charge on any atom is -0.353 e. The molecule has 1 saturated heterocycles. The van der Waals surface area contributed by atoms with Crippen molar-refractivity contribution in [1.29, 1.82) is 0 Å². The predicted octanol–water partition coefficient (Wildman–Crippen LogP) is 3.19. The first kappa shape index (κ1) is 17.1. The van der Waals surface area contributed by atoms with Crippen molar-refractivity contribution in [3.05, 3.63) is 0 Å². The Morgan fingerprint density at radius 3 is 2.90 bits per heavy atom. The number of hydrogen-bond acceptors (Lipinski definition) is 3. The van der Waals surface area contributed by atoms with Gasteiger partial charge in [0.2, 0.25) is 5.91 Å². The van der Waals surface area contributed by atoms with Crippen molar-refractivity contribution in [2.45, 2.75) is 70.1 Å². The first-order valence-corrected chi connectivity index (χ1v) is 9.85. The fourth-order valence-corrected chi connectivity index (χ4v) is 4.95. The maximum absolute atomic E-state index is 12.3. The Morgan fingerprint density at radius 1 is 1.33 bits per heavy atom. The zero-order chi connectivity index (χ0) is 15.1. The summed E-state index contributed by atoms with van der Waals surface area (Å²) in [4.78, 5) is 12.3. The standard InChI is InChI=1S/C17H32N2OS/c1-3-21-16-8-4-7-15(11-16)19-17(20)10-13(2)14-6-5-9-18-12-14/h13-16,18H,3-12H2,1-2H3,(H,19,20). The van der Waals surface area contributed by atoms with E-state index in [1.54, 1.807) is 0 Å². The summed E-state index contributed by atoms with van der Waals surface area (Å²) in [5.41, 5.74) is 0. The SMILES string of the molecule is CCSC1CCCC(NC(=O)CC(C)C2CCCNC2)C1. The smallest absolute Gasteiger partial charge is 0.220 e. The maximum Gasteiger partial charge on any atom is 0.220 e. The third-order valence-corrected chi connectivity index (χ3v) is 6.27. The first-order chi connectivity index (χ1) is 10.2. The van der Waals surface area contributed by atoms with Gasteiger partial charge in [-0.2, -0.15) is 11.8 Å². The van der Waals surface area contributed by atoms with E-state index >= 15 is 0 Å². The molecule has 2 aliphatic rings. The summed E-state index contributed by atoms with van der Waals surface area (Å²) in [6.07, 6.45) is 8.18. The molecule has 3 nitrogen and oxygen atoms in total. The van der Waals surface area contributed by atoms with E-state index in [1.165, 1.54) is 44.3 Å². The molecule has 21 heavy (non-hydrogen) atoms. The second-order valence-electron chi connectivity index (χ2n) is 6.80. The number of piperidine rings is 1. The van der Waals surface area contributed by atoms with Crippen molar-refractivity contribution in [3.63, 3.8) is 0 Å². The molecule has 122 valence electrons. The summed E-state index contributed by atoms with van der Waals surface area (Å²) in [5.74, 6) is 2.65. The van der Waals surface area contributed by atoms with Crippen molar-refractivity contribution in [1.82, 2.24) is 10.6 Å². The number of thioether (sulfide) groups is 1. The molecule has 1 aliphatic carbocycles. The Balaban J connectivity index is 1.70. The van der Waals surface area contributed by atoms with Crippen LogP contribution in [0.3, 0.4) is 0 Å². The molecule has 0 aromatic heterocycles. The van der Waals surface area contributed by atoms with Crippen LogP contribution in [0.4, 0.5) is 0 Å². The van der Waals surface area contributed by atoms with Gasteiger partial charge in [-0.05, 0) is 62.8 Å². The molecule has 2 N–H and O–H groups in total. The van der Waals surface area contributed by atoms with Gasteiger partial charge < -0.3 is 10.6 Å². The van der Waals surface area contributed by atoms with E-state index in [4.69, 9.17) is 0 Å². The van der Waals surface area contributed by atoms with Crippen LogP contribution in [0, 0.1) is 11.8 Å². The van der Waals surface area contributed by atoms with Crippen LogP contribution in [0.2, 0.25) is 0 Å². The largest absolute Gasteiger partial charge is 0.353 e. The van der Waals surface area contributed by atoms with Gasteiger partial charge in [0, 0.05) is 17.7 Å². The highest BCUT2D eigenvalue weighted by molar-refractivity contribution is 7.99. The number of carbonyl (C=O) groups is 1. The lowest BCUT2D eigenvalue weighted by Gasteiger charge is -2.31. The monoisotopic (exact) mass is 312 g/mol. The fraction of sp³-hybridized carbons (Fsp3) is 0.941. The van der Waals surface area contributed by atoms with E-state index in [0.29, 0.717) is 24.3 Å².